The summed E-state index contributed by atoms with van der Waals surface area (Å²) in [6.07, 6.45) is 1.13. The minimum Gasteiger partial charge on any atom is -0.489 e. The Bertz CT molecular complexity index is 3250. The van der Waals surface area contributed by atoms with Gasteiger partial charge in [-0.2, -0.15) is 38.0 Å². The van der Waals surface area contributed by atoms with Crippen molar-refractivity contribution in [2.24, 2.45) is 0 Å². The lowest BCUT2D eigenvalue weighted by atomic mass is 9.97. The molecule has 2 aromatic carbocycles. The van der Waals surface area contributed by atoms with Crippen molar-refractivity contribution in [3.63, 3.8) is 0 Å². The maximum atomic E-state index is 12.5. The molecule has 7 rings (SSSR count). The minimum atomic E-state index is -4.46. The molecule has 4 amide bonds. The molecule has 31 heteroatoms. The van der Waals surface area contributed by atoms with E-state index in [1.165, 1.54) is 63.7 Å². The van der Waals surface area contributed by atoms with Gasteiger partial charge in [0.2, 0.25) is 40.8 Å². The second kappa shape index (κ2) is 29.5. The van der Waals surface area contributed by atoms with Crippen molar-refractivity contribution in [1.29, 1.82) is 0 Å². The first-order valence-corrected chi connectivity index (χ1v) is 27.5. The molecule has 0 aliphatic carbocycles. The van der Waals surface area contributed by atoms with Crippen LogP contribution in [0.3, 0.4) is 0 Å². The largest absolute Gasteiger partial charge is 0.489 e. The maximum Gasteiger partial charge on any atom is 0.442 e. The first kappa shape index (κ1) is 65.5. The molecule has 5 heterocycles. The molecule has 0 saturated carbocycles. The molecule has 0 fully saturated rings. The zero-order chi connectivity index (χ0) is 59.8. The van der Waals surface area contributed by atoms with Gasteiger partial charge < -0.3 is 43.8 Å². The van der Waals surface area contributed by atoms with Gasteiger partial charge in [0.15, 0.2) is 9.86 Å². The second-order valence-corrected chi connectivity index (χ2v) is 22.2. The van der Waals surface area contributed by atoms with Gasteiger partial charge in [-0.05, 0) is 83.5 Å². The number of rotatable bonds is 14. The molecule has 0 bridgehead atoms. The van der Waals surface area contributed by atoms with E-state index >= 15 is 0 Å². The molecule has 4 aromatic heterocycles. The summed E-state index contributed by atoms with van der Waals surface area (Å²) < 4.78 is 54.1. The van der Waals surface area contributed by atoms with Crippen LogP contribution in [0.25, 0.3) is 5.69 Å². The molecule has 0 spiro atoms. The van der Waals surface area contributed by atoms with Crippen molar-refractivity contribution in [1.82, 2.24) is 49.3 Å². The Kier molecular flexibility index (Phi) is 24.2. The molecule has 1 unspecified atom stereocenters. The van der Waals surface area contributed by atoms with Crippen LogP contribution < -0.4 is 50.3 Å². The zero-order valence-electron chi connectivity index (χ0n) is 45.8. The lowest BCUT2D eigenvalue weighted by molar-refractivity contribution is -0.117. The highest BCUT2D eigenvalue weighted by atomic mass is 35.5. The number of methoxy groups -OCH3 is 2. The average Bonchev–Trinajstić information content (AvgIpc) is 3.90. The molecule has 1 atom stereocenters. The lowest BCUT2D eigenvalue weighted by Gasteiger charge is -2.35. The summed E-state index contributed by atoms with van der Waals surface area (Å²) in [5, 5.41) is 12.7. The lowest BCUT2D eigenvalue weighted by Crippen LogP contribution is -2.47. The van der Waals surface area contributed by atoms with Gasteiger partial charge in [-0.15, -0.1) is 5.10 Å². The number of nitrogens with zero attached hydrogens (tertiary/aromatic N) is 10. The number of nitrogens with one attached hydrogen (secondary N) is 4. The molecule has 1 aliphatic rings. The Labute approximate surface area is 487 Å². The van der Waals surface area contributed by atoms with Gasteiger partial charge in [0, 0.05) is 44.4 Å². The van der Waals surface area contributed by atoms with Crippen molar-refractivity contribution in [2.45, 2.75) is 95.8 Å². The number of carbonyl (C=O) groups excluding carboxylic acids is 3. The number of pyridine rings is 1. The normalized spacial score (nSPS) is 12.7. The van der Waals surface area contributed by atoms with E-state index in [0.29, 0.717) is 46.6 Å². The van der Waals surface area contributed by atoms with E-state index < -0.39 is 37.6 Å². The van der Waals surface area contributed by atoms with Crippen LogP contribution in [0, 0.1) is 0 Å². The number of anilines is 4. The predicted molar refractivity (Wildman–Crippen MR) is 305 cm³/mol. The fraction of sp³-hybridized carbons (Fsp3) is 0.408. The number of benzene rings is 2. The number of carbonyl (C=O) groups is 3. The smallest absolute Gasteiger partial charge is 0.442 e. The topological polar surface area (TPSA) is 302 Å². The number of hydrogen-bond donors (Lipinski definition) is 4. The number of amides is 4. The zero-order valence-corrected chi connectivity index (χ0v) is 50.4. The van der Waals surface area contributed by atoms with Crippen molar-refractivity contribution in [3.05, 3.63) is 98.1 Å². The Morgan fingerprint density at radius 3 is 2.06 bits per heavy atom. The summed E-state index contributed by atoms with van der Waals surface area (Å²) in [6.45, 7) is 18.5. The summed E-state index contributed by atoms with van der Waals surface area (Å²) in [6, 6.07) is 13.5. The van der Waals surface area contributed by atoms with Crippen molar-refractivity contribution in [3.8, 4) is 28.9 Å². The van der Waals surface area contributed by atoms with E-state index in [2.05, 4.69) is 51.0 Å². The van der Waals surface area contributed by atoms with Crippen LogP contribution >= 0.6 is 58.0 Å². The van der Waals surface area contributed by atoms with Crippen LogP contribution in [0.5, 0.6) is 23.3 Å². The van der Waals surface area contributed by atoms with E-state index in [0.717, 1.165) is 16.9 Å². The molecular weight excluding hydrogens is 1170 g/mol. The standard InChI is InChI=1S/C15H18Cl2N2O3.C15H18N6O6S.C11H11Cl2NO2.C8H14ClN5/c1-8(2)21-12-7-11(9(16)6-10(12)17)19-14(20)22-13(18-19)15(3,4)5;1-21(2)13(22)9-6-5-7-16-12(9)28(24,25)20-15(23)19-14-17-10(26-3)8-11(18-14)27-4;1-7-6-16-9-5-3-2-4-8(9)14(7)11(15)10(12)13;1-4-10-7-12-6(9)13-8(14-7)11-5(2)3/h6-8H,1-5H3;5-8H,1-4H3,(H2,17,18,19,20,23);2-5,7,10H,6H2,1H3;5H,4H2,1-3H3,(H2,10,11,12,13,14). The van der Waals surface area contributed by atoms with E-state index in [1.807, 2.05) is 86.6 Å². The average molecular weight is 1230 g/mol. The molecule has 0 radical (unpaired) electrons. The van der Waals surface area contributed by atoms with Gasteiger partial charge in [-0.1, -0.05) is 79.3 Å². The Balaban J connectivity index is 0.000000238. The summed E-state index contributed by atoms with van der Waals surface area (Å²) in [5.41, 5.74) is 0.510. The van der Waals surface area contributed by atoms with E-state index in [4.69, 9.17) is 81.4 Å². The summed E-state index contributed by atoms with van der Waals surface area (Å²) >= 11 is 29.3. The SMILES string of the molecule is CC(C)Oc1cc(-n2nc(C(C)(C)C)oc2=O)c(Cl)cc1Cl.CC1COc2ccccc2N1C(=O)C(Cl)Cl.CCNc1nc(Cl)nc(NC(C)C)n1.COc1cc(OC)nc(NC(=O)NS(=O)(=O)c2ncccc2C(=O)N(C)C)n1. The minimum absolute atomic E-state index is 0.0642. The highest BCUT2D eigenvalue weighted by Gasteiger charge is 2.32. The second-order valence-electron chi connectivity index (χ2n) is 18.3. The van der Waals surface area contributed by atoms with Gasteiger partial charge in [0.25, 0.3) is 21.8 Å². The van der Waals surface area contributed by atoms with E-state index in [-0.39, 0.29) is 63.1 Å². The van der Waals surface area contributed by atoms with Crippen LogP contribution in [-0.2, 0) is 20.2 Å². The van der Waals surface area contributed by atoms with Crippen LogP contribution in [0.2, 0.25) is 15.3 Å². The highest BCUT2D eigenvalue weighted by molar-refractivity contribution is 7.90. The number of hydrogen-bond acceptors (Lipinski definition) is 20. The molecule has 80 heavy (non-hydrogen) atoms. The predicted octanol–water partition coefficient (Wildman–Crippen LogP) is 8.70. The van der Waals surface area contributed by atoms with Crippen LogP contribution in [-0.4, -0.2) is 135 Å². The number of para-hydroxylation sites is 2. The van der Waals surface area contributed by atoms with Gasteiger partial charge in [0.05, 0.1) is 59.4 Å². The number of halogens is 5. The third-order valence-corrected chi connectivity index (χ3v) is 12.3. The number of ether oxygens (including phenoxy) is 4. The third kappa shape index (κ3) is 18.8. The Morgan fingerprint density at radius 1 is 0.863 bits per heavy atom. The summed E-state index contributed by atoms with van der Waals surface area (Å²) in [7, 11) is 1.15. The molecular formula is C49H61Cl5N14O11S. The van der Waals surface area contributed by atoms with Gasteiger partial charge >= 0.3 is 11.8 Å². The number of urea groups is 1. The molecule has 25 nitrogen and oxygen atoms in total. The Morgan fingerprint density at radius 2 is 1.50 bits per heavy atom. The van der Waals surface area contributed by atoms with Crippen LogP contribution in [0.4, 0.5) is 28.3 Å². The molecule has 4 N–H and O–H groups in total. The molecule has 6 aromatic rings. The van der Waals surface area contributed by atoms with Crippen molar-refractivity contribution in [2.75, 3.05) is 62.3 Å². The van der Waals surface area contributed by atoms with Crippen molar-refractivity contribution < 1.29 is 46.2 Å². The number of sulfonamides is 1. The highest BCUT2D eigenvalue weighted by Crippen LogP contribution is 2.35. The maximum absolute atomic E-state index is 12.5. The molecule has 1 aliphatic heterocycles. The van der Waals surface area contributed by atoms with Gasteiger partial charge in [0.1, 0.15) is 18.1 Å². The monoisotopic (exact) mass is 1230 g/mol. The van der Waals surface area contributed by atoms with E-state index in [9.17, 15) is 27.6 Å². The first-order valence-electron chi connectivity index (χ1n) is 24.0. The fourth-order valence-corrected chi connectivity index (χ4v) is 8.30. The van der Waals surface area contributed by atoms with E-state index in [1.54, 1.807) is 15.7 Å². The molecule has 0 saturated heterocycles. The molecule has 434 valence electrons. The Hall–Kier alpha value is -6.97. The quantitative estimate of drug-likeness (QED) is 0.0741. The number of alkyl halides is 2. The first-order chi connectivity index (χ1) is 37.5. The number of fused-ring (bicyclic) bond motifs is 1. The third-order valence-electron chi connectivity index (χ3n) is 9.82. The van der Waals surface area contributed by atoms with Gasteiger partial charge in [-0.3, -0.25) is 14.9 Å². The fourth-order valence-electron chi connectivity index (χ4n) is 6.38. The summed E-state index contributed by atoms with van der Waals surface area (Å²) in [4.78, 5) is 73.4. The number of aromatic nitrogens is 8. The summed E-state index contributed by atoms with van der Waals surface area (Å²) in [5.74, 6) is 0.857. The van der Waals surface area contributed by atoms with Crippen LogP contribution in [0.15, 0.2) is 75.0 Å². The van der Waals surface area contributed by atoms with Gasteiger partial charge in [-0.25, -0.2) is 19.3 Å². The van der Waals surface area contributed by atoms with Crippen molar-refractivity contribution >= 4 is 109 Å². The van der Waals surface area contributed by atoms with Crippen LogP contribution in [0.1, 0.15) is 78.6 Å².